The van der Waals surface area contributed by atoms with Gasteiger partial charge in [-0.05, 0) is 54.4 Å². The molecule has 1 atom stereocenters. The third kappa shape index (κ3) is 5.32. The van der Waals surface area contributed by atoms with Crippen LogP contribution in [0.15, 0.2) is 35.2 Å². The molecule has 0 aliphatic carbocycles. The van der Waals surface area contributed by atoms with Crippen molar-refractivity contribution in [1.82, 2.24) is 24.9 Å². The van der Waals surface area contributed by atoms with E-state index in [2.05, 4.69) is 48.8 Å². The first-order valence-corrected chi connectivity index (χ1v) is 11.4. The second kappa shape index (κ2) is 9.65. The maximum atomic E-state index is 12.8. The van der Waals surface area contributed by atoms with Crippen LogP contribution in [0.1, 0.15) is 18.4 Å². The van der Waals surface area contributed by atoms with Gasteiger partial charge in [-0.15, -0.1) is 5.10 Å². The molecule has 2 aromatic heterocycles. The van der Waals surface area contributed by atoms with Crippen molar-refractivity contribution in [1.29, 1.82) is 0 Å². The zero-order valence-corrected chi connectivity index (χ0v) is 17.9. The molecule has 4 rings (SSSR count). The van der Waals surface area contributed by atoms with E-state index in [0.717, 1.165) is 64.5 Å². The maximum absolute atomic E-state index is 12.8. The van der Waals surface area contributed by atoms with E-state index in [9.17, 15) is 4.79 Å². The van der Waals surface area contributed by atoms with Crippen molar-refractivity contribution < 1.29 is 4.79 Å². The number of hydrogen-bond acceptors (Lipinski definition) is 7. The molecule has 2 saturated heterocycles. The van der Waals surface area contributed by atoms with Gasteiger partial charge >= 0.3 is 0 Å². The van der Waals surface area contributed by atoms with E-state index in [1.165, 1.54) is 5.56 Å². The van der Waals surface area contributed by atoms with Crippen LogP contribution in [0.3, 0.4) is 0 Å². The predicted molar refractivity (Wildman–Crippen MR) is 116 cm³/mol. The number of carbonyl (C=O) groups excluding carboxylic acids is 1. The van der Waals surface area contributed by atoms with E-state index in [1.807, 2.05) is 17.0 Å². The Bertz CT molecular complexity index is 763. The van der Waals surface area contributed by atoms with Gasteiger partial charge in [0.2, 0.25) is 5.91 Å². The van der Waals surface area contributed by atoms with E-state index in [0.29, 0.717) is 12.6 Å². The quantitative estimate of drug-likeness (QED) is 0.689. The van der Waals surface area contributed by atoms with E-state index >= 15 is 0 Å². The molecule has 1 unspecified atom stereocenters. The third-order valence-electron chi connectivity index (χ3n) is 5.87. The molecule has 2 aliphatic rings. The van der Waals surface area contributed by atoms with Crippen LogP contribution in [0.4, 0.5) is 5.82 Å². The van der Waals surface area contributed by atoms with Crippen LogP contribution in [-0.4, -0.2) is 89.7 Å². The molecule has 0 bridgehead atoms. The Morgan fingerprint density at radius 3 is 2.83 bits per heavy atom. The van der Waals surface area contributed by atoms with Crippen molar-refractivity contribution in [3.05, 3.63) is 40.7 Å². The Morgan fingerprint density at radius 1 is 1.24 bits per heavy atom. The van der Waals surface area contributed by atoms with Crippen molar-refractivity contribution in [2.75, 3.05) is 57.8 Å². The number of aromatic nitrogens is 2. The zero-order chi connectivity index (χ0) is 20.1. The Balaban J connectivity index is 1.22. The summed E-state index contributed by atoms with van der Waals surface area (Å²) in [6.45, 7) is 6.92. The predicted octanol–water partition coefficient (Wildman–Crippen LogP) is 1.78. The topological polar surface area (TPSA) is 55.8 Å². The first kappa shape index (κ1) is 20.3. The molecule has 29 heavy (non-hydrogen) atoms. The van der Waals surface area contributed by atoms with Gasteiger partial charge in [0, 0.05) is 58.1 Å². The first-order chi connectivity index (χ1) is 14.2. The summed E-state index contributed by atoms with van der Waals surface area (Å²) >= 11 is 1.74. The van der Waals surface area contributed by atoms with Gasteiger partial charge in [0.15, 0.2) is 5.82 Å². The number of nitrogens with zero attached hydrogens (tertiary/aromatic N) is 6. The summed E-state index contributed by atoms with van der Waals surface area (Å²) in [5.41, 5.74) is 1.37. The molecule has 4 heterocycles. The van der Waals surface area contributed by atoms with E-state index in [1.54, 1.807) is 17.5 Å². The SMILES string of the molecule is CN(CC(=O)N1CCN(Cc2ccsc2)CC1)CC1CCCN1c1cccnn1. The van der Waals surface area contributed by atoms with Gasteiger partial charge in [0.1, 0.15) is 0 Å². The summed E-state index contributed by atoms with van der Waals surface area (Å²) < 4.78 is 0. The lowest BCUT2D eigenvalue weighted by atomic mass is 10.2. The summed E-state index contributed by atoms with van der Waals surface area (Å²) in [7, 11) is 2.05. The molecule has 7 nitrogen and oxygen atoms in total. The molecule has 0 spiro atoms. The molecular weight excluding hydrogens is 384 g/mol. The number of anilines is 1. The zero-order valence-electron chi connectivity index (χ0n) is 17.1. The number of hydrogen-bond donors (Lipinski definition) is 0. The van der Waals surface area contributed by atoms with Crippen LogP contribution in [0.5, 0.6) is 0 Å². The molecule has 2 aromatic rings. The van der Waals surface area contributed by atoms with Gasteiger partial charge in [-0.1, -0.05) is 0 Å². The highest BCUT2D eigenvalue weighted by atomic mass is 32.1. The van der Waals surface area contributed by atoms with Crippen molar-refractivity contribution in [2.24, 2.45) is 0 Å². The van der Waals surface area contributed by atoms with Crippen molar-refractivity contribution in [2.45, 2.75) is 25.4 Å². The fourth-order valence-electron chi connectivity index (χ4n) is 4.33. The highest BCUT2D eigenvalue weighted by molar-refractivity contribution is 7.07. The number of rotatable bonds is 7. The highest BCUT2D eigenvalue weighted by Gasteiger charge is 2.28. The lowest BCUT2D eigenvalue weighted by molar-refractivity contribution is -0.134. The van der Waals surface area contributed by atoms with Gasteiger partial charge < -0.3 is 9.80 Å². The number of amides is 1. The van der Waals surface area contributed by atoms with Crippen LogP contribution >= 0.6 is 11.3 Å². The van der Waals surface area contributed by atoms with E-state index in [4.69, 9.17) is 0 Å². The van der Waals surface area contributed by atoms with Gasteiger partial charge in [0.25, 0.3) is 0 Å². The standard InChI is InChI=1S/C21H30N6OS/c1-24(15-19-4-3-8-27(19)20-5-2-7-22-23-20)16-21(28)26-11-9-25(10-12-26)14-18-6-13-29-17-18/h2,5-7,13,17,19H,3-4,8-12,14-16H2,1H3. The molecule has 0 saturated carbocycles. The molecule has 156 valence electrons. The minimum atomic E-state index is 0.242. The number of thiophene rings is 1. The van der Waals surface area contributed by atoms with E-state index < -0.39 is 0 Å². The van der Waals surface area contributed by atoms with Crippen LogP contribution < -0.4 is 4.90 Å². The smallest absolute Gasteiger partial charge is 0.236 e. The molecule has 0 aromatic carbocycles. The average molecular weight is 415 g/mol. The molecule has 0 radical (unpaired) electrons. The molecule has 1 amide bonds. The summed E-state index contributed by atoms with van der Waals surface area (Å²) in [5, 5.41) is 12.6. The lowest BCUT2D eigenvalue weighted by Crippen LogP contribution is -2.51. The van der Waals surface area contributed by atoms with Crippen molar-refractivity contribution in [3.8, 4) is 0 Å². The fourth-order valence-corrected chi connectivity index (χ4v) is 4.98. The summed E-state index contributed by atoms with van der Waals surface area (Å²) in [5.74, 6) is 1.18. The van der Waals surface area contributed by atoms with Gasteiger partial charge in [-0.2, -0.15) is 16.4 Å². The average Bonchev–Trinajstić information content (AvgIpc) is 3.41. The minimum Gasteiger partial charge on any atom is -0.351 e. The summed E-state index contributed by atoms with van der Waals surface area (Å²) in [6, 6.07) is 6.53. The van der Waals surface area contributed by atoms with Gasteiger partial charge in [0.05, 0.1) is 6.54 Å². The van der Waals surface area contributed by atoms with Crippen LogP contribution in [0.25, 0.3) is 0 Å². The summed E-state index contributed by atoms with van der Waals surface area (Å²) in [4.78, 5) is 21.7. The monoisotopic (exact) mass is 414 g/mol. The lowest BCUT2D eigenvalue weighted by Gasteiger charge is -2.36. The first-order valence-electron chi connectivity index (χ1n) is 10.4. The molecule has 2 aliphatic heterocycles. The fraction of sp³-hybridized carbons (Fsp3) is 0.571. The largest absolute Gasteiger partial charge is 0.351 e. The second-order valence-electron chi connectivity index (χ2n) is 8.06. The number of likely N-dealkylation sites (N-methyl/N-ethyl adjacent to an activating group) is 1. The summed E-state index contributed by atoms with van der Waals surface area (Å²) in [6.07, 6.45) is 4.00. The Kier molecular flexibility index (Phi) is 6.74. The Hall–Kier alpha value is -2.03. The molecular formula is C21H30N6OS. The van der Waals surface area contributed by atoms with Crippen LogP contribution in [0.2, 0.25) is 0 Å². The molecule has 2 fully saturated rings. The third-order valence-corrected chi connectivity index (χ3v) is 6.60. The van der Waals surface area contributed by atoms with Crippen LogP contribution in [-0.2, 0) is 11.3 Å². The minimum absolute atomic E-state index is 0.242. The number of piperazine rings is 1. The van der Waals surface area contributed by atoms with Crippen LogP contribution in [0, 0.1) is 0 Å². The number of carbonyl (C=O) groups is 1. The van der Waals surface area contributed by atoms with Crippen molar-refractivity contribution in [3.63, 3.8) is 0 Å². The second-order valence-corrected chi connectivity index (χ2v) is 8.84. The Labute approximate surface area is 176 Å². The van der Waals surface area contributed by atoms with Crippen molar-refractivity contribution >= 4 is 23.1 Å². The normalized spacial score (nSPS) is 20.6. The van der Waals surface area contributed by atoms with Gasteiger partial charge in [-0.25, -0.2) is 0 Å². The molecule has 0 N–H and O–H groups in total. The maximum Gasteiger partial charge on any atom is 0.236 e. The van der Waals surface area contributed by atoms with Gasteiger partial charge in [-0.3, -0.25) is 14.6 Å². The molecule has 8 heteroatoms. The highest BCUT2D eigenvalue weighted by Crippen LogP contribution is 2.23. The Morgan fingerprint density at radius 2 is 2.10 bits per heavy atom. The van der Waals surface area contributed by atoms with E-state index in [-0.39, 0.29) is 5.91 Å².